The molecule has 2 heterocycles. The Balaban J connectivity index is 1.83. The fraction of sp³-hybridized carbons (Fsp3) is 0.583. The van der Waals surface area contributed by atoms with E-state index in [1.807, 2.05) is 16.3 Å². The molecule has 2 fully saturated rings. The zero-order valence-corrected chi connectivity index (χ0v) is 11.8. The van der Waals surface area contributed by atoms with Gasteiger partial charge in [-0.2, -0.15) is 0 Å². The molecule has 5 heteroatoms. The van der Waals surface area contributed by atoms with E-state index in [0.717, 1.165) is 28.7 Å². The summed E-state index contributed by atoms with van der Waals surface area (Å²) >= 11 is 4.94. The SMILES string of the molecule is O=C(c1sccc1Br)N1CCO[C@@H]2CCC[C@@H]21. The maximum Gasteiger partial charge on any atom is 0.265 e. The third-order valence-corrected chi connectivity index (χ3v) is 5.38. The smallest absolute Gasteiger partial charge is 0.265 e. The topological polar surface area (TPSA) is 29.5 Å². The van der Waals surface area contributed by atoms with Gasteiger partial charge >= 0.3 is 0 Å². The van der Waals surface area contributed by atoms with Gasteiger partial charge in [-0.05, 0) is 46.6 Å². The van der Waals surface area contributed by atoms with Crippen LogP contribution in [0.15, 0.2) is 15.9 Å². The van der Waals surface area contributed by atoms with Crippen molar-refractivity contribution >= 4 is 33.2 Å². The third kappa shape index (κ3) is 2.04. The van der Waals surface area contributed by atoms with Gasteiger partial charge in [0.15, 0.2) is 0 Å². The number of nitrogens with zero attached hydrogens (tertiary/aromatic N) is 1. The molecule has 0 aromatic carbocycles. The molecular formula is C12H14BrNO2S. The molecule has 1 aromatic heterocycles. The molecule has 0 bridgehead atoms. The molecule has 1 aromatic rings. The summed E-state index contributed by atoms with van der Waals surface area (Å²) in [6.07, 6.45) is 3.62. The van der Waals surface area contributed by atoms with Crippen LogP contribution in [-0.2, 0) is 4.74 Å². The van der Waals surface area contributed by atoms with Crippen LogP contribution < -0.4 is 0 Å². The van der Waals surface area contributed by atoms with Gasteiger partial charge in [-0.15, -0.1) is 11.3 Å². The second kappa shape index (κ2) is 4.71. The Morgan fingerprint density at radius 3 is 3.18 bits per heavy atom. The molecule has 3 rings (SSSR count). The highest BCUT2D eigenvalue weighted by atomic mass is 79.9. The average molecular weight is 316 g/mol. The lowest BCUT2D eigenvalue weighted by molar-refractivity contribution is -0.0444. The molecule has 0 radical (unpaired) electrons. The molecule has 1 saturated carbocycles. The lowest BCUT2D eigenvalue weighted by Gasteiger charge is -2.37. The number of hydrogen-bond acceptors (Lipinski definition) is 3. The number of fused-ring (bicyclic) bond motifs is 1. The van der Waals surface area contributed by atoms with E-state index >= 15 is 0 Å². The molecule has 1 aliphatic carbocycles. The van der Waals surface area contributed by atoms with Crippen molar-refractivity contribution in [3.05, 3.63) is 20.8 Å². The number of ether oxygens (including phenoxy) is 1. The monoisotopic (exact) mass is 315 g/mol. The molecule has 0 N–H and O–H groups in total. The van der Waals surface area contributed by atoms with Gasteiger partial charge in [-0.1, -0.05) is 0 Å². The second-order valence-corrected chi connectivity index (χ2v) is 6.27. The Morgan fingerprint density at radius 2 is 2.41 bits per heavy atom. The van der Waals surface area contributed by atoms with E-state index in [1.54, 1.807) is 0 Å². The molecule has 0 unspecified atom stereocenters. The van der Waals surface area contributed by atoms with Gasteiger partial charge < -0.3 is 9.64 Å². The second-order valence-electron chi connectivity index (χ2n) is 4.50. The number of thiophene rings is 1. The van der Waals surface area contributed by atoms with Crippen LogP contribution in [0.2, 0.25) is 0 Å². The summed E-state index contributed by atoms with van der Waals surface area (Å²) in [4.78, 5) is 15.3. The molecule has 1 amide bonds. The van der Waals surface area contributed by atoms with Crippen molar-refractivity contribution in [2.24, 2.45) is 0 Å². The summed E-state index contributed by atoms with van der Waals surface area (Å²) in [5.74, 6) is 0.159. The Bertz CT molecular complexity index is 434. The summed E-state index contributed by atoms with van der Waals surface area (Å²) in [6, 6.07) is 2.23. The van der Waals surface area contributed by atoms with Crippen LogP contribution in [0.25, 0.3) is 0 Å². The molecule has 1 saturated heterocycles. The van der Waals surface area contributed by atoms with Crippen molar-refractivity contribution in [2.45, 2.75) is 31.4 Å². The van der Waals surface area contributed by atoms with Gasteiger partial charge in [0.1, 0.15) is 4.88 Å². The summed E-state index contributed by atoms with van der Waals surface area (Å²) < 4.78 is 6.64. The van der Waals surface area contributed by atoms with Crippen LogP contribution in [-0.4, -0.2) is 36.1 Å². The van der Waals surface area contributed by atoms with Crippen molar-refractivity contribution in [1.82, 2.24) is 4.90 Å². The Labute approximate surface area is 113 Å². The summed E-state index contributed by atoms with van der Waals surface area (Å²) in [5, 5.41) is 1.95. The van der Waals surface area contributed by atoms with E-state index in [0.29, 0.717) is 12.6 Å². The molecule has 17 heavy (non-hydrogen) atoms. The number of amides is 1. The van der Waals surface area contributed by atoms with Gasteiger partial charge in [-0.3, -0.25) is 4.79 Å². The quantitative estimate of drug-likeness (QED) is 0.797. The molecule has 92 valence electrons. The van der Waals surface area contributed by atoms with Crippen molar-refractivity contribution < 1.29 is 9.53 Å². The first-order chi connectivity index (χ1) is 8.27. The highest BCUT2D eigenvalue weighted by molar-refractivity contribution is 9.10. The number of halogens is 1. The van der Waals surface area contributed by atoms with Crippen LogP contribution in [0, 0.1) is 0 Å². The first-order valence-corrected chi connectivity index (χ1v) is 7.60. The molecular weight excluding hydrogens is 302 g/mol. The van der Waals surface area contributed by atoms with Gasteiger partial charge in [0.05, 0.1) is 18.8 Å². The first-order valence-electron chi connectivity index (χ1n) is 5.93. The highest BCUT2D eigenvalue weighted by Gasteiger charge is 2.39. The Kier molecular flexibility index (Phi) is 3.23. The average Bonchev–Trinajstić information content (AvgIpc) is 2.95. The fourth-order valence-corrected chi connectivity index (χ4v) is 4.25. The van der Waals surface area contributed by atoms with Crippen molar-refractivity contribution in [3.63, 3.8) is 0 Å². The van der Waals surface area contributed by atoms with E-state index in [2.05, 4.69) is 15.9 Å². The van der Waals surface area contributed by atoms with Crippen LogP contribution in [0.3, 0.4) is 0 Å². The Hall–Kier alpha value is -0.390. The molecule has 1 aliphatic heterocycles. The van der Waals surface area contributed by atoms with E-state index in [1.165, 1.54) is 17.8 Å². The maximum absolute atomic E-state index is 12.5. The minimum atomic E-state index is 0.159. The Morgan fingerprint density at radius 1 is 1.53 bits per heavy atom. The van der Waals surface area contributed by atoms with Crippen molar-refractivity contribution in [2.75, 3.05) is 13.2 Å². The highest BCUT2D eigenvalue weighted by Crippen LogP contribution is 2.32. The van der Waals surface area contributed by atoms with Crippen LogP contribution in [0.1, 0.15) is 28.9 Å². The van der Waals surface area contributed by atoms with Crippen molar-refractivity contribution in [3.8, 4) is 0 Å². The summed E-state index contributed by atoms with van der Waals surface area (Å²) in [7, 11) is 0. The van der Waals surface area contributed by atoms with Gasteiger partial charge in [0, 0.05) is 11.0 Å². The lowest BCUT2D eigenvalue weighted by Crippen LogP contribution is -2.51. The van der Waals surface area contributed by atoms with E-state index in [9.17, 15) is 4.79 Å². The van der Waals surface area contributed by atoms with Gasteiger partial charge in [0.25, 0.3) is 5.91 Å². The van der Waals surface area contributed by atoms with E-state index < -0.39 is 0 Å². The zero-order chi connectivity index (χ0) is 11.8. The summed E-state index contributed by atoms with van der Waals surface area (Å²) in [5.41, 5.74) is 0. The summed E-state index contributed by atoms with van der Waals surface area (Å²) in [6.45, 7) is 1.40. The van der Waals surface area contributed by atoms with E-state index in [4.69, 9.17) is 4.74 Å². The first kappa shape index (κ1) is 11.7. The standard InChI is InChI=1S/C12H14BrNO2S/c13-8-4-7-17-11(8)12(15)14-5-6-16-10-3-1-2-9(10)14/h4,7,9-10H,1-3,5-6H2/t9-,10+/m0/s1. The third-order valence-electron chi connectivity index (χ3n) is 3.55. The molecule has 0 spiro atoms. The number of rotatable bonds is 1. The van der Waals surface area contributed by atoms with Crippen molar-refractivity contribution in [1.29, 1.82) is 0 Å². The minimum Gasteiger partial charge on any atom is -0.374 e. The number of hydrogen-bond donors (Lipinski definition) is 0. The molecule has 2 atom stereocenters. The van der Waals surface area contributed by atoms with Gasteiger partial charge in [0.2, 0.25) is 0 Å². The van der Waals surface area contributed by atoms with Crippen LogP contribution >= 0.6 is 27.3 Å². The van der Waals surface area contributed by atoms with Crippen LogP contribution in [0.5, 0.6) is 0 Å². The minimum absolute atomic E-state index is 0.159. The number of carbonyl (C=O) groups excluding carboxylic acids is 1. The molecule has 2 aliphatic rings. The predicted molar refractivity (Wildman–Crippen MR) is 70.4 cm³/mol. The normalized spacial score (nSPS) is 28.2. The fourth-order valence-electron chi connectivity index (χ4n) is 2.75. The predicted octanol–water partition coefficient (Wildman–Crippen LogP) is 2.90. The van der Waals surface area contributed by atoms with Gasteiger partial charge in [-0.25, -0.2) is 0 Å². The number of morpholine rings is 1. The molecule has 3 nitrogen and oxygen atoms in total. The number of carbonyl (C=O) groups is 1. The maximum atomic E-state index is 12.5. The lowest BCUT2D eigenvalue weighted by atomic mass is 10.1. The van der Waals surface area contributed by atoms with E-state index in [-0.39, 0.29) is 12.0 Å². The van der Waals surface area contributed by atoms with Crippen LogP contribution in [0.4, 0.5) is 0 Å². The largest absolute Gasteiger partial charge is 0.374 e. The zero-order valence-electron chi connectivity index (χ0n) is 9.39.